The molecule has 1 radical (unpaired) electrons. The number of hydrogen-bond donors (Lipinski definition) is 0. The molecule has 1 saturated carbocycles. The van der Waals surface area contributed by atoms with Crippen LogP contribution in [0.2, 0.25) is 0 Å². The Morgan fingerprint density at radius 3 is 1.78 bits per heavy atom. The van der Waals surface area contributed by atoms with Crippen LogP contribution in [-0.4, -0.2) is 0 Å². The van der Waals surface area contributed by atoms with Crippen LogP contribution in [0.1, 0.15) is 96.8 Å². The monoisotopic (exact) mass is 251 g/mol. The van der Waals surface area contributed by atoms with Gasteiger partial charge in [-0.3, -0.25) is 0 Å². The van der Waals surface area contributed by atoms with Gasteiger partial charge in [0.25, 0.3) is 0 Å². The van der Waals surface area contributed by atoms with Gasteiger partial charge in [0.2, 0.25) is 0 Å². The Balaban J connectivity index is 1.77. The lowest BCUT2D eigenvalue weighted by Crippen LogP contribution is -1.86. The van der Waals surface area contributed by atoms with Gasteiger partial charge < -0.3 is 0 Å². The predicted octanol–water partition coefficient (Wildman–Crippen LogP) is 6.55. The summed E-state index contributed by atoms with van der Waals surface area (Å²) in [7, 11) is 0. The van der Waals surface area contributed by atoms with E-state index < -0.39 is 0 Å². The maximum absolute atomic E-state index is 3.90. The molecule has 0 saturated heterocycles. The predicted molar refractivity (Wildman–Crippen MR) is 82.6 cm³/mol. The van der Waals surface area contributed by atoms with E-state index in [2.05, 4.69) is 13.8 Å². The lowest BCUT2D eigenvalue weighted by molar-refractivity contribution is 0.519. The van der Waals surface area contributed by atoms with Gasteiger partial charge in [-0.2, -0.15) is 0 Å². The standard InChI is InChI=1S/C18H35/c1-3-5-7-9-11-13-15-18-16-17(18)14-12-10-8-6-4-2/h17-18H,2-16H2,1H3. The van der Waals surface area contributed by atoms with Gasteiger partial charge in [-0.05, 0) is 18.3 Å². The van der Waals surface area contributed by atoms with Crippen molar-refractivity contribution in [1.29, 1.82) is 0 Å². The molecule has 0 aromatic heterocycles. The quantitative estimate of drug-likeness (QED) is 0.326. The molecule has 2 atom stereocenters. The molecule has 0 aromatic rings. The zero-order valence-corrected chi connectivity index (χ0v) is 12.8. The summed E-state index contributed by atoms with van der Waals surface area (Å²) in [5.41, 5.74) is 0. The fourth-order valence-corrected chi connectivity index (χ4v) is 3.14. The van der Waals surface area contributed by atoms with E-state index in [4.69, 9.17) is 0 Å². The summed E-state index contributed by atoms with van der Waals surface area (Å²) >= 11 is 0. The van der Waals surface area contributed by atoms with Gasteiger partial charge in [0.05, 0.1) is 0 Å². The van der Waals surface area contributed by atoms with E-state index in [1.165, 1.54) is 77.0 Å². The summed E-state index contributed by atoms with van der Waals surface area (Å²) in [6.07, 6.45) is 20.2. The Morgan fingerprint density at radius 2 is 1.22 bits per heavy atom. The van der Waals surface area contributed by atoms with Crippen molar-refractivity contribution < 1.29 is 0 Å². The minimum absolute atomic E-state index is 1.13. The molecular formula is C18H35. The van der Waals surface area contributed by atoms with E-state index in [1.54, 1.807) is 6.42 Å². The molecule has 1 rings (SSSR count). The molecular weight excluding hydrogens is 216 g/mol. The highest BCUT2D eigenvalue weighted by molar-refractivity contribution is 4.85. The van der Waals surface area contributed by atoms with E-state index in [9.17, 15) is 0 Å². The van der Waals surface area contributed by atoms with Crippen molar-refractivity contribution in [1.82, 2.24) is 0 Å². The second kappa shape index (κ2) is 10.9. The molecule has 0 spiro atoms. The Labute approximate surface area is 116 Å². The highest BCUT2D eigenvalue weighted by atomic mass is 14.4. The van der Waals surface area contributed by atoms with Crippen LogP contribution in [0.25, 0.3) is 0 Å². The van der Waals surface area contributed by atoms with Gasteiger partial charge in [-0.1, -0.05) is 97.3 Å². The van der Waals surface area contributed by atoms with Crippen molar-refractivity contribution in [3.63, 3.8) is 0 Å². The van der Waals surface area contributed by atoms with Crippen LogP contribution in [0.3, 0.4) is 0 Å². The lowest BCUT2D eigenvalue weighted by Gasteiger charge is -2.02. The van der Waals surface area contributed by atoms with Crippen LogP contribution in [0, 0.1) is 18.8 Å². The van der Waals surface area contributed by atoms with E-state index >= 15 is 0 Å². The Bertz CT molecular complexity index is 173. The number of hydrogen-bond acceptors (Lipinski definition) is 0. The van der Waals surface area contributed by atoms with Gasteiger partial charge in [-0.25, -0.2) is 0 Å². The summed E-state index contributed by atoms with van der Waals surface area (Å²) in [5, 5.41) is 0. The van der Waals surface area contributed by atoms with Gasteiger partial charge in [0, 0.05) is 0 Å². The second-order valence-corrected chi connectivity index (χ2v) is 6.37. The number of rotatable bonds is 13. The molecule has 0 nitrogen and oxygen atoms in total. The number of unbranched alkanes of at least 4 members (excludes halogenated alkanes) is 9. The van der Waals surface area contributed by atoms with Crippen molar-refractivity contribution in [2.45, 2.75) is 96.8 Å². The molecule has 18 heavy (non-hydrogen) atoms. The summed E-state index contributed by atoms with van der Waals surface area (Å²) in [6, 6.07) is 0. The van der Waals surface area contributed by atoms with E-state index in [-0.39, 0.29) is 0 Å². The molecule has 0 bridgehead atoms. The fourth-order valence-electron chi connectivity index (χ4n) is 3.14. The topological polar surface area (TPSA) is 0 Å². The van der Waals surface area contributed by atoms with Crippen LogP contribution >= 0.6 is 0 Å². The second-order valence-electron chi connectivity index (χ2n) is 6.37. The van der Waals surface area contributed by atoms with Crippen molar-refractivity contribution >= 4 is 0 Å². The fraction of sp³-hybridized carbons (Fsp3) is 0.944. The minimum Gasteiger partial charge on any atom is -0.0654 e. The lowest BCUT2D eigenvalue weighted by atomic mass is 10.0. The van der Waals surface area contributed by atoms with E-state index in [0.29, 0.717) is 0 Å². The SMILES string of the molecule is [CH2]CCCCCCC1CC1CCCCCCCC. The third kappa shape index (κ3) is 8.16. The van der Waals surface area contributed by atoms with Crippen LogP contribution in [0.15, 0.2) is 0 Å². The van der Waals surface area contributed by atoms with Crippen LogP contribution in [0.4, 0.5) is 0 Å². The first-order valence-corrected chi connectivity index (χ1v) is 8.67. The van der Waals surface area contributed by atoms with Crippen molar-refractivity contribution in [3.05, 3.63) is 6.92 Å². The molecule has 0 aliphatic heterocycles. The summed E-state index contributed by atoms with van der Waals surface area (Å²) in [4.78, 5) is 0. The normalized spacial score (nSPS) is 22.3. The third-order valence-electron chi connectivity index (χ3n) is 4.57. The molecule has 0 heterocycles. The van der Waals surface area contributed by atoms with Crippen LogP contribution in [-0.2, 0) is 0 Å². The van der Waals surface area contributed by atoms with Crippen LogP contribution in [0.5, 0.6) is 0 Å². The maximum atomic E-state index is 3.90. The zero-order valence-electron chi connectivity index (χ0n) is 12.8. The maximum Gasteiger partial charge on any atom is -0.0383 e. The molecule has 1 aliphatic rings. The van der Waals surface area contributed by atoms with Crippen molar-refractivity contribution in [2.75, 3.05) is 0 Å². The molecule has 0 amide bonds. The van der Waals surface area contributed by atoms with Crippen molar-refractivity contribution in [3.8, 4) is 0 Å². The molecule has 1 aliphatic carbocycles. The van der Waals surface area contributed by atoms with Crippen molar-refractivity contribution in [2.24, 2.45) is 11.8 Å². The molecule has 0 heteroatoms. The van der Waals surface area contributed by atoms with E-state index in [0.717, 1.165) is 18.3 Å². The third-order valence-corrected chi connectivity index (χ3v) is 4.57. The molecule has 2 unspecified atom stereocenters. The molecule has 107 valence electrons. The average Bonchev–Trinajstić information content (AvgIpc) is 3.12. The molecule has 1 fully saturated rings. The Morgan fingerprint density at radius 1 is 0.722 bits per heavy atom. The Hall–Kier alpha value is 0. The largest absolute Gasteiger partial charge is 0.0654 e. The van der Waals surface area contributed by atoms with Gasteiger partial charge >= 0.3 is 0 Å². The average molecular weight is 251 g/mol. The van der Waals surface area contributed by atoms with Crippen LogP contribution < -0.4 is 0 Å². The molecule has 0 N–H and O–H groups in total. The zero-order chi connectivity index (χ0) is 13.1. The van der Waals surface area contributed by atoms with Gasteiger partial charge in [-0.15, -0.1) is 0 Å². The first-order valence-electron chi connectivity index (χ1n) is 8.67. The first kappa shape index (κ1) is 16.1. The summed E-state index contributed by atoms with van der Waals surface area (Å²) < 4.78 is 0. The minimum atomic E-state index is 1.13. The van der Waals surface area contributed by atoms with Gasteiger partial charge in [0.15, 0.2) is 0 Å². The Kier molecular flexibility index (Phi) is 9.70. The van der Waals surface area contributed by atoms with Gasteiger partial charge in [0.1, 0.15) is 0 Å². The highest BCUT2D eigenvalue weighted by Crippen LogP contribution is 2.45. The molecule has 0 aromatic carbocycles. The van der Waals surface area contributed by atoms with E-state index in [1.807, 2.05) is 0 Å². The first-order chi connectivity index (χ1) is 8.88. The smallest absolute Gasteiger partial charge is 0.0383 e. The summed E-state index contributed by atoms with van der Waals surface area (Å²) in [6.45, 7) is 6.20. The summed E-state index contributed by atoms with van der Waals surface area (Å²) in [5.74, 6) is 2.25. The highest BCUT2D eigenvalue weighted by Gasteiger charge is 2.34.